The van der Waals surface area contributed by atoms with Crippen molar-refractivity contribution >= 4 is 9.84 Å². The van der Waals surface area contributed by atoms with Crippen molar-refractivity contribution in [3.05, 3.63) is 24.3 Å². The molecule has 3 nitrogen and oxygen atoms in total. The summed E-state index contributed by atoms with van der Waals surface area (Å²) in [5, 5.41) is 0. The van der Waals surface area contributed by atoms with Gasteiger partial charge in [0.05, 0.1) is 17.3 Å². The van der Waals surface area contributed by atoms with Gasteiger partial charge in [-0.1, -0.05) is 13.0 Å². The van der Waals surface area contributed by atoms with Crippen molar-refractivity contribution in [3.63, 3.8) is 0 Å². The number of hydrogen-bond donors (Lipinski definition) is 0. The third-order valence-electron chi connectivity index (χ3n) is 1.86. The van der Waals surface area contributed by atoms with Crippen molar-refractivity contribution < 1.29 is 13.2 Å². The Bertz CT molecular complexity index is 396. The monoisotopic (exact) mass is 214 g/mol. The Balaban J connectivity index is 3.06. The quantitative estimate of drug-likeness (QED) is 0.768. The van der Waals surface area contributed by atoms with Gasteiger partial charge < -0.3 is 4.74 Å². The van der Waals surface area contributed by atoms with Gasteiger partial charge >= 0.3 is 0 Å². The van der Waals surface area contributed by atoms with Crippen LogP contribution >= 0.6 is 0 Å². The molecule has 0 heterocycles. The van der Waals surface area contributed by atoms with Crippen LogP contribution in [-0.4, -0.2) is 20.8 Å². The van der Waals surface area contributed by atoms with E-state index in [1.54, 1.807) is 31.2 Å². The highest BCUT2D eigenvalue weighted by Crippen LogP contribution is 2.18. The summed E-state index contributed by atoms with van der Waals surface area (Å²) in [4.78, 5) is 0.325. The Morgan fingerprint density at radius 3 is 2.57 bits per heavy atom. The molecule has 0 bridgehead atoms. The van der Waals surface area contributed by atoms with Gasteiger partial charge in [-0.25, -0.2) is 8.42 Å². The smallest absolute Gasteiger partial charge is 0.178 e. The molecule has 0 aromatic heterocycles. The fraction of sp³-hybridized carbons (Fsp3) is 0.400. The Morgan fingerprint density at radius 1 is 1.29 bits per heavy atom. The fourth-order valence-corrected chi connectivity index (χ4v) is 2.01. The predicted octanol–water partition coefficient (Wildman–Crippen LogP) is 1.88. The summed E-state index contributed by atoms with van der Waals surface area (Å²) < 4.78 is 28.2. The SMILES string of the molecule is CCOc1cccc(S(=O)(=O)CC)c1. The molecule has 1 aromatic rings. The maximum atomic E-state index is 11.5. The zero-order valence-electron chi connectivity index (χ0n) is 8.36. The molecule has 1 rings (SSSR count). The highest BCUT2D eigenvalue weighted by atomic mass is 32.2. The van der Waals surface area contributed by atoms with Crippen molar-refractivity contribution in [2.75, 3.05) is 12.4 Å². The van der Waals surface area contributed by atoms with Crippen molar-refractivity contribution in [2.24, 2.45) is 0 Å². The highest BCUT2D eigenvalue weighted by Gasteiger charge is 2.11. The number of ether oxygens (including phenoxy) is 1. The standard InChI is InChI=1S/C10H14O3S/c1-3-13-9-6-5-7-10(8-9)14(11,12)4-2/h5-8H,3-4H2,1-2H3. The van der Waals surface area contributed by atoms with E-state index in [0.717, 1.165) is 0 Å². The largest absolute Gasteiger partial charge is 0.494 e. The van der Waals surface area contributed by atoms with Gasteiger partial charge in [-0.2, -0.15) is 0 Å². The van der Waals surface area contributed by atoms with Crippen LogP contribution < -0.4 is 4.74 Å². The zero-order valence-corrected chi connectivity index (χ0v) is 9.17. The molecule has 0 amide bonds. The first-order valence-corrected chi connectivity index (χ1v) is 6.21. The van der Waals surface area contributed by atoms with Crippen LogP contribution in [0.2, 0.25) is 0 Å². The Morgan fingerprint density at radius 2 is 2.00 bits per heavy atom. The zero-order chi connectivity index (χ0) is 10.6. The van der Waals surface area contributed by atoms with Crippen molar-refractivity contribution in [3.8, 4) is 5.75 Å². The maximum Gasteiger partial charge on any atom is 0.178 e. The van der Waals surface area contributed by atoms with Gasteiger partial charge in [0.15, 0.2) is 9.84 Å². The summed E-state index contributed by atoms with van der Waals surface area (Å²) in [6.07, 6.45) is 0. The molecule has 4 heteroatoms. The molecule has 0 aliphatic carbocycles. The Labute approximate surface area is 84.6 Å². The maximum absolute atomic E-state index is 11.5. The predicted molar refractivity (Wildman–Crippen MR) is 55.3 cm³/mol. The summed E-state index contributed by atoms with van der Waals surface area (Å²) in [6, 6.07) is 6.58. The van der Waals surface area contributed by atoms with Crippen LogP contribution in [0.15, 0.2) is 29.2 Å². The second kappa shape index (κ2) is 4.46. The molecule has 0 saturated carbocycles. The lowest BCUT2D eigenvalue weighted by atomic mass is 10.3. The fourth-order valence-electron chi connectivity index (χ4n) is 1.09. The van der Waals surface area contributed by atoms with Crippen molar-refractivity contribution in [1.29, 1.82) is 0 Å². The molecule has 0 radical (unpaired) electrons. The number of benzene rings is 1. The lowest BCUT2D eigenvalue weighted by molar-refractivity contribution is 0.339. The van der Waals surface area contributed by atoms with Crippen LogP contribution in [0, 0.1) is 0 Å². The average molecular weight is 214 g/mol. The first-order chi connectivity index (χ1) is 6.60. The molecular formula is C10H14O3S. The lowest BCUT2D eigenvalue weighted by Crippen LogP contribution is -2.03. The molecule has 0 N–H and O–H groups in total. The van der Waals surface area contributed by atoms with E-state index in [9.17, 15) is 8.42 Å². The van der Waals surface area contributed by atoms with Crippen LogP contribution in [0.4, 0.5) is 0 Å². The van der Waals surface area contributed by atoms with Gasteiger partial charge in [0.25, 0.3) is 0 Å². The number of sulfone groups is 1. The summed E-state index contributed by atoms with van der Waals surface area (Å²) in [5.74, 6) is 0.713. The summed E-state index contributed by atoms with van der Waals surface area (Å²) in [7, 11) is -3.12. The number of rotatable bonds is 4. The molecule has 0 unspecified atom stereocenters. The topological polar surface area (TPSA) is 43.4 Å². The van der Waals surface area contributed by atoms with Gasteiger partial charge in [-0.15, -0.1) is 0 Å². The van der Waals surface area contributed by atoms with E-state index >= 15 is 0 Å². The van der Waals surface area contributed by atoms with Gasteiger partial charge in [-0.3, -0.25) is 0 Å². The van der Waals surface area contributed by atoms with E-state index in [0.29, 0.717) is 17.3 Å². The molecule has 14 heavy (non-hydrogen) atoms. The Kier molecular flexibility index (Phi) is 3.52. The van der Waals surface area contributed by atoms with Gasteiger partial charge in [0.1, 0.15) is 5.75 Å². The third-order valence-corrected chi connectivity index (χ3v) is 3.59. The molecule has 0 aliphatic rings. The molecule has 1 aromatic carbocycles. The second-order valence-electron chi connectivity index (χ2n) is 2.81. The van der Waals surface area contributed by atoms with Gasteiger partial charge in [-0.05, 0) is 25.1 Å². The normalized spacial score (nSPS) is 11.3. The lowest BCUT2D eigenvalue weighted by Gasteiger charge is -2.05. The summed E-state index contributed by atoms with van der Waals surface area (Å²) in [5.41, 5.74) is 0. The summed E-state index contributed by atoms with van der Waals surface area (Å²) >= 11 is 0. The molecule has 78 valence electrons. The molecule has 0 atom stereocenters. The second-order valence-corrected chi connectivity index (χ2v) is 5.09. The molecule has 0 spiro atoms. The van der Waals surface area contributed by atoms with Crippen LogP contribution in [0.1, 0.15) is 13.8 Å². The van der Waals surface area contributed by atoms with Crippen molar-refractivity contribution in [1.82, 2.24) is 0 Å². The van der Waals surface area contributed by atoms with Crippen LogP contribution in [0.5, 0.6) is 5.75 Å². The average Bonchev–Trinajstić information content (AvgIpc) is 2.19. The number of hydrogen-bond acceptors (Lipinski definition) is 3. The van der Waals surface area contributed by atoms with E-state index in [4.69, 9.17) is 4.74 Å². The van der Waals surface area contributed by atoms with E-state index < -0.39 is 9.84 Å². The van der Waals surface area contributed by atoms with Gasteiger partial charge in [0.2, 0.25) is 0 Å². The van der Waals surface area contributed by atoms with E-state index in [1.165, 1.54) is 0 Å². The molecule has 0 aliphatic heterocycles. The Hall–Kier alpha value is -1.03. The first-order valence-electron chi connectivity index (χ1n) is 4.55. The van der Waals surface area contributed by atoms with Gasteiger partial charge in [0, 0.05) is 0 Å². The summed E-state index contributed by atoms with van der Waals surface area (Å²) in [6.45, 7) is 4.03. The van der Waals surface area contributed by atoms with Crippen LogP contribution in [0.25, 0.3) is 0 Å². The van der Waals surface area contributed by atoms with E-state index in [-0.39, 0.29) is 5.75 Å². The van der Waals surface area contributed by atoms with E-state index in [2.05, 4.69) is 0 Å². The van der Waals surface area contributed by atoms with Crippen LogP contribution in [0.3, 0.4) is 0 Å². The van der Waals surface area contributed by atoms with Crippen LogP contribution in [-0.2, 0) is 9.84 Å². The van der Waals surface area contributed by atoms with E-state index in [1.807, 2.05) is 6.92 Å². The van der Waals surface area contributed by atoms with Crippen molar-refractivity contribution in [2.45, 2.75) is 18.7 Å². The minimum atomic E-state index is -3.12. The molecule has 0 fully saturated rings. The first kappa shape index (κ1) is 11.0. The minimum absolute atomic E-state index is 0.114. The third kappa shape index (κ3) is 2.48. The highest BCUT2D eigenvalue weighted by molar-refractivity contribution is 7.91. The minimum Gasteiger partial charge on any atom is -0.494 e. The molecular weight excluding hydrogens is 200 g/mol. The molecule has 0 saturated heterocycles.